The second-order valence-corrected chi connectivity index (χ2v) is 9.20. The first-order valence-corrected chi connectivity index (χ1v) is 9.10. The van der Waals surface area contributed by atoms with Gasteiger partial charge in [-0.25, -0.2) is 0 Å². The second-order valence-electron chi connectivity index (χ2n) is 6.96. The minimum Gasteiger partial charge on any atom is -0.597 e. The summed E-state index contributed by atoms with van der Waals surface area (Å²) in [6, 6.07) is 9.90. The van der Waals surface area contributed by atoms with E-state index < -0.39 is 23.8 Å². The molecule has 6 heteroatoms. The molecule has 2 N–H and O–H groups in total. The Bertz CT molecular complexity index is 479. The zero-order chi connectivity index (χ0) is 17.0. The van der Waals surface area contributed by atoms with E-state index >= 15 is 0 Å². The molecule has 0 radical (unpaired) electrons. The smallest absolute Gasteiger partial charge is 0.181 e. The summed E-state index contributed by atoms with van der Waals surface area (Å²) >= 11 is -1.19. The zero-order valence-electron chi connectivity index (χ0n) is 14.0. The molecule has 0 aliphatic carbocycles. The van der Waals surface area contributed by atoms with Gasteiger partial charge in [-0.05, 0) is 39.2 Å². The third-order valence-electron chi connectivity index (χ3n) is 3.81. The number of ether oxygens (including phenoxy) is 1. The third-order valence-corrected chi connectivity index (χ3v) is 5.61. The quantitative estimate of drug-likeness (QED) is 0.799. The van der Waals surface area contributed by atoms with Crippen LogP contribution < -0.4 is 0 Å². The molecule has 1 heterocycles. The molecule has 1 aliphatic heterocycles. The summed E-state index contributed by atoms with van der Waals surface area (Å²) < 4.78 is 19.8. The van der Waals surface area contributed by atoms with Gasteiger partial charge in [0.1, 0.15) is 10.9 Å². The molecule has 1 aromatic carbocycles. The molecule has 130 valence electrons. The van der Waals surface area contributed by atoms with E-state index in [-0.39, 0.29) is 10.9 Å². The highest BCUT2D eigenvalue weighted by Crippen LogP contribution is 2.26. The van der Waals surface area contributed by atoms with Gasteiger partial charge in [-0.3, -0.25) is 0 Å². The number of hydrogen-bond donors (Lipinski definition) is 2. The predicted molar refractivity (Wildman–Crippen MR) is 90.9 cm³/mol. The zero-order valence-corrected chi connectivity index (χ0v) is 14.8. The van der Waals surface area contributed by atoms with Gasteiger partial charge in [0.05, 0.1) is 19.2 Å². The number of aliphatic hydroxyl groups is 2. The second kappa shape index (κ2) is 7.96. The van der Waals surface area contributed by atoms with E-state index in [2.05, 4.69) is 0 Å². The summed E-state index contributed by atoms with van der Waals surface area (Å²) in [4.78, 5) is 0. The van der Waals surface area contributed by atoms with E-state index in [1.165, 1.54) is 0 Å². The monoisotopic (exact) mass is 341 g/mol. The lowest BCUT2D eigenvalue weighted by molar-refractivity contribution is -0.216. The molecule has 4 atom stereocenters. The van der Waals surface area contributed by atoms with E-state index in [1.54, 1.807) is 0 Å². The van der Waals surface area contributed by atoms with Crippen LogP contribution in [0.3, 0.4) is 0 Å². The van der Waals surface area contributed by atoms with Crippen LogP contribution in [0.5, 0.6) is 0 Å². The molecule has 0 spiro atoms. The minimum absolute atomic E-state index is 0.233. The van der Waals surface area contributed by atoms with Crippen LogP contribution in [0, 0.1) is 0 Å². The Morgan fingerprint density at radius 2 is 1.87 bits per heavy atom. The van der Waals surface area contributed by atoms with Crippen molar-refractivity contribution in [3.8, 4) is 0 Å². The maximum Gasteiger partial charge on any atom is 0.181 e. The Balaban J connectivity index is 2.07. The van der Waals surface area contributed by atoms with E-state index in [4.69, 9.17) is 4.74 Å². The van der Waals surface area contributed by atoms with Gasteiger partial charge in [0.25, 0.3) is 0 Å². The van der Waals surface area contributed by atoms with Crippen molar-refractivity contribution in [2.75, 3.05) is 6.54 Å². The molecule has 1 aromatic rings. The molecular formula is C17H27NO4S. The van der Waals surface area contributed by atoms with Crippen LogP contribution in [-0.2, 0) is 22.6 Å². The fourth-order valence-corrected chi connectivity index (χ4v) is 3.92. The van der Waals surface area contributed by atoms with E-state index in [1.807, 2.05) is 55.4 Å². The normalized spacial score (nSPS) is 27.2. The molecule has 1 saturated heterocycles. The maximum atomic E-state index is 12.9. The summed E-state index contributed by atoms with van der Waals surface area (Å²) in [6.45, 7) is 6.86. The van der Waals surface area contributed by atoms with Crippen molar-refractivity contribution < 1.29 is 19.5 Å². The molecule has 2 rings (SSSR count). The van der Waals surface area contributed by atoms with Crippen molar-refractivity contribution in [2.45, 2.75) is 63.4 Å². The Hall–Kier alpha value is -0.630. The van der Waals surface area contributed by atoms with E-state index in [0.29, 0.717) is 25.9 Å². The van der Waals surface area contributed by atoms with Gasteiger partial charge in [0.15, 0.2) is 6.29 Å². The van der Waals surface area contributed by atoms with Gasteiger partial charge < -0.3 is 19.5 Å². The first-order valence-electron chi connectivity index (χ1n) is 8.00. The molecule has 3 unspecified atom stereocenters. The topological polar surface area (TPSA) is 76.0 Å². The van der Waals surface area contributed by atoms with Crippen molar-refractivity contribution in [3.05, 3.63) is 35.9 Å². The standard InChI is InChI=1S/C17H27NO4S/c1-17(2,3)23(21)18(11-13-7-5-4-6-8-13)12-14-9-10-15(19)16(20)22-14/h4-8,14-16,19-20H,9-12H2,1-3H3/t14?,15?,16?,23-/m0/s1. The lowest BCUT2D eigenvalue weighted by Crippen LogP contribution is -2.49. The van der Waals surface area contributed by atoms with Gasteiger partial charge >= 0.3 is 0 Å². The van der Waals surface area contributed by atoms with Crippen molar-refractivity contribution in [3.63, 3.8) is 0 Å². The summed E-state index contributed by atoms with van der Waals surface area (Å²) in [6.07, 6.45) is -1.08. The van der Waals surface area contributed by atoms with Crippen LogP contribution in [0.25, 0.3) is 0 Å². The van der Waals surface area contributed by atoms with Gasteiger partial charge in [-0.1, -0.05) is 30.3 Å². The Morgan fingerprint density at radius 3 is 2.43 bits per heavy atom. The lowest BCUT2D eigenvalue weighted by Gasteiger charge is -2.37. The lowest BCUT2D eigenvalue weighted by atomic mass is 10.1. The summed E-state index contributed by atoms with van der Waals surface area (Å²) in [7, 11) is 0. The number of hydrogen-bond acceptors (Lipinski definition) is 5. The van der Waals surface area contributed by atoms with Gasteiger partial charge in [0.2, 0.25) is 0 Å². The Morgan fingerprint density at radius 1 is 1.22 bits per heavy atom. The van der Waals surface area contributed by atoms with Gasteiger partial charge in [-0.2, -0.15) is 0 Å². The van der Waals surface area contributed by atoms with Gasteiger partial charge in [0, 0.05) is 11.4 Å². The summed E-state index contributed by atoms with van der Waals surface area (Å²) in [5.41, 5.74) is 1.08. The van der Waals surface area contributed by atoms with Crippen LogP contribution in [0.4, 0.5) is 0 Å². The largest absolute Gasteiger partial charge is 0.597 e. The fourth-order valence-electron chi connectivity index (χ4n) is 2.58. The number of nitrogens with zero attached hydrogens (tertiary/aromatic N) is 1. The number of benzene rings is 1. The van der Waals surface area contributed by atoms with Crippen LogP contribution >= 0.6 is 0 Å². The molecule has 5 nitrogen and oxygen atoms in total. The molecule has 23 heavy (non-hydrogen) atoms. The SMILES string of the molecule is CC(C)(C)[S@+]([O-])N(Cc1ccccc1)CC1CCC(O)C(O)O1. The molecule has 0 amide bonds. The Kier molecular flexibility index (Phi) is 6.48. The first-order chi connectivity index (χ1) is 10.8. The highest BCUT2D eigenvalue weighted by atomic mass is 32.2. The third kappa shape index (κ3) is 5.45. The Labute approximate surface area is 141 Å². The average Bonchev–Trinajstić information content (AvgIpc) is 2.49. The molecule has 0 saturated carbocycles. The van der Waals surface area contributed by atoms with E-state index in [9.17, 15) is 14.8 Å². The highest BCUT2D eigenvalue weighted by molar-refractivity contribution is 7.90. The van der Waals surface area contributed by atoms with Crippen LogP contribution in [-0.4, -0.2) is 48.9 Å². The van der Waals surface area contributed by atoms with Crippen LogP contribution in [0.1, 0.15) is 39.2 Å². The van der Waals surface area contributed by atoms with Crippen molar-refractivity contribution >= 4 is 11.4 Å². The molecule has 0 bridgehead atoms. The van der Waals surface area contributed by atoms with Crippen molar-refractivity contribution in [2.24, 2.45) is 0 Å². The minimum atomic E-state index is -1.19. The predicted octanol–water partition coefficient (Wildman–Crippen LogP) is 1.81. The maximum absolute atomic E-state index is 12.9. The van der Waals surface area contributed by atoms with E-state index in [0.717, 1.165) is 5.56 Å². The molecule has 1 fully saturated rings. The summed E-state index contributed by atoms with van der Waals surface area (Å²) in [5.74, 6) is 0. The molecule has 0 aromatic heterocycles. The van der Waals surface area contributed by atoms with Crippen LogP contribution in [0.2, 0.25) is 0 Å². The van der Waals surface area contributed by atoms with Gasteiger partial charge in [-0.15, -0.1) is 4.31 Å². The molecular weight excluding hydrogens is 314 g/mol. The van der Waals surface area contributed by atoms with Crippen LogP contribution in [0.15, 0.2) is 30.3 Å². The average molecular weight is 341 g/mol. The summed E-state index contributed by atoms with van der Waals surface area (Å²) in [5, 5.41) is 19.2. The van der Waals surface area contributed by atoms with Crippen molar-refractivity contribution in [1.82, 2.24) is 4.31 Å². The fraction of sp³-hybridized carbons (Fsp3) is 0.647. The molecule has 1 aliphatic rings. The first kappa shape index (κ1) is 18.7. The highest BCUT2D eigenvalue weighted by Gasteiger charge is 2.37. The van der Waals surface area contributed by atoms with Crippen molar-refractivity contribution in [1.29, 1.82) is 0 Å². The number of rotatable bonds is 5. The number of aliphatic hydroxyl groups excluding tert-OH is 2.